The fourth-order valence-electron chi connectivity index (χ4n) is 1.33. The van der Waals surface area contributed by atoms with Crippen LogP contribution in [0.3, 0.4) is 0 Å². The molecule has 1 rings (SSSR count). The monoisotopic (exact) mass is 224 g/mol. The minimum atomic E-state index is -3.46. The Morgan fingerprint density at radius 1 is 1.64 bits per heavy atom. The Hall–Kier alpha value is 0.0700. The SMILES string of the molecule is CCCP(=O)(O)OCC1OCCC1O. The molecule has 1 aliphatic heterocycles. The van der Waals surface area contributed by atoms with Gasteiger partial charge in [-0.2, -0.15) is 0 Å². The predicted molar refractivity (Wildman–Crippen MR) is 51.3 cm³/mol. The summed E-state index contributed by atoms with van der Waals surface area (Å²) in [6, 6.07) is 0. The molecular formula is C8H17O5P. The van der Waals surface area contributed by atoms with Crippen LogP contribution in [0.1, 0.15) is 19.8 Å². The summed E-state index contributed by atoms with van der Waals surface area (Å²) in [7, 11) is -3.46. The van der Waals surface area contributed by atoms with E-state index in [0.29, 0.717) is 19.4 Å². The van der Waals surface area contributed by atoms with Gasteiger partial charge in [0.2, 0.25) is 0 Å². The maximum absolute atomic E-state index is 11.3. The zero-order chi connectivity index (χ0) is 10.6. The number of rotatable bonds is 5. The van der Waals surface area contributed by atoms with Gasteiger partial charge < -0.3 is 19.3 Å². The molecule has 1 fully saturated rings. The first-order chi connectivity index (χ1) is 6.55. The molecule has 0 amide bonds. The molecule has 3 unspecified atom stereocenters. The molecule has 0 aromatic carbocycles. The van der Waals surface area contributed by atoms with E-state index in [1.54, 1.807) is 0 Å². The van der Waals surface area contributed by atoms with E-state index in [1.807, 2.05) is 6.92 Å². The van der Waals surface area contributed by atoms with Crippen molar-refractivity contribution in [1.29, 1.82) is 0 Å². The van der Waals surface area contributed by atoms with E-state index < -0.39 is 19.8 Å². The molecule has 6 heteroatoms. The van der Waals surface area contributed by atoms with E-state index >= 15 is 0 Å². The maximum Gasteiger partial charge on any atom is 0.328 e. The van der Waals surface area contributed by atoms with Crippen LogP contribution in [-0.2, 0) is 13.8 Å². The van der Waals surface area contributed by atoms with Crippen LogP contribution in [0.25, 0.3) is 0 Å². The minimum Gasteiger partial charge on any atom is -0.390 e. The van der Waals surface area contributed by atoms with Gasteiger partial charge in [-0.05, 0) is 12.8 Å². The average molecular weight is 224 g/mol. The third-order valence-electron chi connectivity index (χ3n) is 2.12. The van der Waals surface area contributed by atoms with Crippen molar-refractivity contribution >= 4 is 7.60 Å². The quantitative estimate of drug-likeness (QED) is 0.674. The van der Waals surface area contributed by atoms with Crippen LogP contribution >= 0.6 is 7.60 Å². The lowest BCUT2D eigenvalue weighted by Crippen LogP contribution is -2.26. The molecule has 0 saturated carbocycles. The lowest BCUT2D eigenvalue weighted by Gasteiger charge is -2.16. The van der Waals surface area contributed by atoms with Crippen LogP contribution < -0.4 is 0 Å². The van der Waals surface area contributed by atoms with E-state index in [-0.39, 0.29) is 12.8 Å². The van der Waals surface area contributed by atoms with Gasteiger partial charge in [0.25, 0.3) is 0 Å². The third kappa shape index (κ3) is 3.67. The molecule has 1 heterocycles. The third-order valence-corrected chi connectivity index (χ3v) is 3.69. The molecule has 14 heavy (non-hydrogen) atoms. The van der Waals surface area contributed by atoms with Gasteiger partial charge in [-0.15, -0.1) is 0 Å². The van der Waals surface area contributed by atoms with Crippen LogP contribution in [0, 0.1) is 0 Å². The van der Waals surface area contributed by atoms with Crippen molar-refractivity contribution in [3.63, 3.8) is 0 Å². The molecule has 0 bridgehead atoms. The molecular weight excluding hydrogens is 207 g/mol. The normalized spacial score (nSPS) is 31.6. The number of aliphatic hydroxyl groups excluding tert-OH is 1. The minimum absolute atomic E-state index is 0.00502. The van der Waals surface area contributed by atoms with Crippen molar-refractivity contribution in [2.24, 2.45) is 0 Å². The van der Waals surface area contributed by atoms with E-state index in [1.165, 1.54) is 0 Å². The standard InChI is InChI=1S/C8H17O5P/c1-2-5-14(10,11)13-6-8-7(9)3-4-12-8/h7-9H,2-6H2,1H3,(H,10,11). The lowest BCUT2D eigenvalue weighted by molar-refractivity contribution is 0.00848. The van der Waals surface area contributed by atoms with Gasteiger partial charge in [-0.1, -0.05) is 6.92 Å². The predicted octanol–water partition coefficient (Wildman–Crippen LogP) is 0.748. The summed E-state index contributed by atoms with van der Waals surface area (Å²) in [5.74, 6) is 0. The Bertz CT molecular complexity index is 220. The van der Waals surface area contributed by atoms with Crippen molar-refractivity contribution in [3.8, 4) is 0 Å². The first kappa shape index (κ1) is 12.1. The molecule has 0 spiro atoms. The Balaban J connectivity index is 2.28. The largest absolute Gasteiger partial charge is 0.390 e. The first-order valence-corrected chi connectivity index (χ1v) is 6.57. The maximum atomic E-state index is 11.3. The molecule has 1 saturated heterocycles. The average Bonchev–Trinajstić information content (AvgIpc) is 2.48. The first-order valence-electron chi connectivity index (χ1n) is 4.81. The zero-order valence-corrected chi connectivity index (χ0v) is 9.15. The van der Waals surface area contributed by atoms with Crippen molar-refractivity contribution in [2.75, 3.05) is 19.4 Å². The molecule has 0 aromatic rings. The number of hydrogen-bond donors (Lipinski definition) is 2. The summed E-state index contributed by atoms with van der Waals surface area (Å²) >= 11 is 0. The van der Waals surface area contributed by atoms with E-state index in [4.69, 9.17) is 9.26 Å². The van der Waals surface area contributed by atoms with Gasteiger partial charge >= 0.3 is 7.60 Å². The van der Waals surface area contributed by atoms with Gasteiger partial charge in [0.1, 0.15) is 6.10 Å². The van der Waals surface area contributed by atoms with Crippen LogP contribution in [0.2, 0.25) is 0 Å². The van der Waals surface area contributed by atoms with E-state index in [2.05, 4.69) is 0 Å². The van der Waals surface area contributed by atoms with Crippen molar-refractivity contribution in [1.82, 2.24) is 0 Å². The number of aliphatic hydroxyl groups is 1. The Labute approximate surface area is 83.6 Å². The molecule has 5 nitrogen and oxygen atoms in total. The van der Waals surface area contributed by atoms with Gasteiger partial charge in [-0.25, -0.2) is 0 Å². The Morgan fingerprint density at radius 3 is 2.86 bits per heavy atom. The van der Waals surface area contributed by atoms with E-state index in [0.717, 1.165) is 0 Å². The molecule has 84 valence electrons. The van der Waals surface area contributed by atoms with Crippen molar-refractivity contribution in [3.05, 3.63) is 0 Å². The topological polar surface area (TPSA) is 76.0 Å². The fourth-order valence-corrected chi connectivity index (χ4v) is 2.41. The van der Waals surface area contributed by atoms with Crippen LogP contribution in [-0.4, -0.2) is 41.6 Å². The molecule has 1 aliphatic rings. The summed E-state index contributed by atoms with van der Waals surface area (Å²) in [5, 5.41) is 9.34. The highest BCUT2D eigenvalue weighted by molar-refractivity contribution is 7.52. The highest BCUT2D eigenvalue weighted by Crippen LogP contribution is 2.42. The summed E-state index contributed by atoms with van der Waals surface area (Å²) in [6.45, 7) is 2.29. The van der Waals surface area contributed by atoms with Gasteiger partial charge in [-0.3, -0.25) is 4.57 Å². The van der Waals surface area contributed by atoms with Gasteiger partial charge in [0, 0.05) is 12.8 Å². The van der Waals surface area contributed by atoms with Crippen molar-refractivity contribution in [2.45, 2.75) is 32.0 Å². The Morgan fingerprint density at radius 2 is 2.36 bits per heavy atom. The van der Waals surface area contributed by atoms with Crippen molar-refractivity contribution < 1.29 is 23.8 Å². The molecule has 0 aromatic heterocycles. The van der Waals surface area contributed by atoms with Crippen LogP contribution in [0.4, 0.5) is 0 Å². The second kappa shape index (κ2) is 5.24. The smallest absolute Gasteiger partial charge is 0.328 e. The summed E-state index contributed by atoms with van der Waals surface area (Å²) in [6.07, 6.45) is 0.291. The molecule has 3 atom stereocenters. The zero-order valence-electron chi connectivity index (χ0n) is 8.26. The lowest BCUT2D eigenvalue weighted by atomic mass is 10.2. The van der Waals surface area contributed by atoms with Crippen LogP contribution in [0.5, 0.6) is 0 Å². The molecule has 2 N–H and O–H groups in total. The summed E-state index contributed by atoms with van der Waals surface area (Å²) in [5.41, 5.74) is 0. The van der Waals surface area contributed by atoms with E-state index in [9.17, 15) is 14.6 Å². The number of hydrogen-bond acceptors (Lipinski definition) is 4. The molecule has 0 radical (unpaired) electrons. The highest BCUT2D eigenvalue weighted by Gasteiger charge is 2.29. The van der Waals surface area contributed by atoms with Crippen LogP contribution in [0.15, 0.2) is 0 Å². The summed E-state index contributed by atoms with van der Waals surface area (Å²) < 4.78 is 21.3. The fraction of sp³-hybridized carbons (Fsp3) is 1.00. The number of ether oxygens (including phenoxy) is 1. The second-order valence-electron chi connectivity index (χ2n) is 3.42. The molecule has 0 aliphatic carbocycles. The highest BCUT2D eigenvalue weighted by atomic mass is 31.2. The summed E-state index contributed by atoms with van der Waals surface area (Å²) in [4.78, 5) is 9.26. The second-order valence-corrected chi connectivity index (χ2v) is 5.40. The van der Waals surface area contributed by atoms with Gasteiger partial charge in [0.05, 0.1) is 12.7 Å². The Kier molecular flexibility index (Phi) is 4.54. The van der Waals surface area contributed by atoms with Gasteiger partial charge in [0.15, 0.2) is 0 Å².